The van der Waals surface area contributed by atoms with Crippen LogP contribution in [0.4, 0.5) is 5.13 Å². The molecule has 1 aromatic heterocycles. The van der Waals surface area contributed by atoms with E-state index in [0.29, 0.717) is 12.1 Å². The Kier molecular flexibility index (Phi) is 3.61. The van der Waals surface area contributed by atoms with Gasteiger partial charge in [0.2, 0.25) is 5.13 Å². The van der Waals surface area contributed by atoms with E-state index in [2.05, 4.69) is 50.3 Å². The van der Waals surface area contributed by atoms with E-state index in [1.54, 1.807) is 11.3 Å². The summed E-state index contributed by atoms with van der Waals surface area (Å²) in [5, 5.41) is 9.35. The molecule has 0 N–H and O–H groups in total. The lowest BCUT2D eigenvalue weighted by Crippen LogP contribution is -2.37. The fourth-order valence-electron chi connectivity index (χ4n) is 3.80. The molecule has 2 aliphatic rings. The van der Waals surface area contributed by atoms with Crippen molar-refractivity contribution in [2.24, 2.45) is 0 Å². The van der Waals surface area contributed by atoms with Crippen LogP contribution in [0.5, 0.6) is 0 Å². The highest BCUT2D eigenvalue weighted by atomic mass is 32.1. The van der Waals surface area contributed by atoms with Gasteiger partial charge >= 0.3 is 0 Å². The van der Waals surface area contributed by atoms with Crippen LogP contribution in [0.1, 0.15) is 18.4 Å². The Morgan fingerprint density at radius 2 is 1.95 bits per heavy atom. The van der Waals surface area contributed by atoms with E-state index >= 15 is 0 Å². The summed E-state index contributed by atoms with van der Waals surface area (Å²) in [6.07, 6.45) is 3.68. The maximum atomic E-state index is 4.25. The Morgan fingerprint density at radius 3 is 2.76 bits per heavy atom. The Bertz CT molecular complexity index is 571. The van der Waals surface area contributed by atoms with E-state index in [0.717, 1.165) is 18.1 Å². The van der Waals surface area contributed by atoms with Crippen LogP contribution in [0.3, 0.4) is 0 Å². The predicted molar refractivity (Wildman–Crippen MR) is 85.8 cm³/mol. The largest absolute Gasteiger partial charge is 0.342 e. The first-order chi connectivity index (χ1) is 10.4. The van der Waals surface area contributed by atoms with Gasteiger partial charge in [0.15, 0.2) is 0 Å². The summed E-state index contributed by atoms with van der Waals surface area (Å²) in [5.74, 6) is 0. The van der Waals surface area contributed by atoms with Gasteiger partial charge in [0, 0.05) is 31.7 Å². The van der Waals surface area contributed by atoms with Crippen molar-refractivity contribution in [3.63, 3.8) is 0 Å². The zero-order chi connectivity index (χ0) is 14.1. The van der Waals surface area contributed by atoms with Crippen molar-refractivity contribution in [2.75, 3.05) is 24.5 Å². The highest BCUT2D eigenvalue weighted by molar-refractivity contribution is 7.13. The first-order valence-corrected chi connectivity index (χ1v) is 8.60. The second-order valence-electron chi connectivity index (χ2n) is 5.90. The number of fused-ring (bicyclic) bond motifs is 1. The minimum Gasteiger partial charge on any atom is -0.342 e. The van der Waals surface area contributed by atoms with Gasteiger partial charge in [-0.1, -0.05) is 41.7 Å². The third-order valence-electron chi connectivity index (χ3n) is 4.82. The number of hydrogen-bond acceptors (Lipinski definition) is 5. The number of nitrogens with zero attached hydrogens (tertiary/aromatic N) is 4. The Morgan fingerprint density at radius 1 is 1.10 bits per heavy atom. The van der Waals surface area contributed by atoms with Crippen molar-refractivity contribution in [3.8, 4) is 0 Å². The summed E-state index contributed by atoms with van der Waals surface area (Å²) >= 11 is 1.67. The SMILES string of the molecule is c1ccc(CCN2CC[C@@H]3[C@@H]2CCN3c2nncs2)cc1. The summed E-state index contributed by atoms with van der Waals surface area (Å²) in [7, 11) is 0. The summed E-state index contributed by atoms with van der Waals surface area (Å²) in [4.78, 5) is 5.16. The second-order valence-corrected chi connectivity index (χ2v) is 6.71. The molecule has 5 heteroatoms. The molecule has 0 amide bonds. The van der Waals surface area contributed by atoms with Gasteiger partial charge in [0.05, 0.1) is 0 Å². The highest BCUT2D eigenvalue weighted by Crippen LogP contribution is 2.35. The number of rotatable bonds is 4. The lowest BCUT2D eigenvalue weighted by molar-refractivity contribution is 0.257. The van der Waals surface area contributed by atoms with Gasteiger partial charge in [0.1, 0.15) is 5.51 Å². The molecule has 0 spiro atoms. The van der Waals surface area contributed by atoms with Crippen LogP contribution in [0, 0.1) is 0 Å². The van der Waals surface area contributed by atoms with Crippen molar-refractivity contribution in [1.82, 2.24) is 15.1 Å². The molecule has 1 aromatic carbocycles. The van der Waals surface area contributed by atoms with Crippen LogP contribution in [0.25, 0.3) is 0 Å². The van der Waals surface area contributed by atoms with Gasteiger partial charge in [0.25, 0.3) is 0 Å². The lowest BCUT2D eigenvalue weighted by atomic mass is 10.1. The fourth-order valence-corrected chi connectivity index (χ4v) is 4.45. The molecule has 2 atom stereocenters. The summed E-state index contributed by atoms with van der Waals surface area (Å²) in [5.41, 5.74) is 3.28. The van der Waals surface area contributed by atoms with Crippen LogP contribution in [0.15, 0.2) is 35.8 Å². The summed E-state index contributed by atoms with van der Waals surface area (Å²) in [6, 6.07) is 12.2. The number of hydrogen-bond donors (Lipinski definition) is 0. The maximum Gasteiger partial charge on any atom is 0.208 e. The molecule has 0 radical (unpaired) electrons. The van der Waals surface area contributed by atoms with Crippen molar-refractivity contribution >= 4 is 16.5 Å². The molecule has 2 saturated heterocycles. The van der Waals surface area contributed by atoms with Crippen molar-refractivity contribution in [3.05, 3.63) is 41.4 Å². The molecule has 110 valence electrons. The molecule has 3 heterocycles. The standard InChI is InChI=1S/C16H20N4S/c1-2-4-13(5-3-1)6-9-19-10-7-15-14(19)8-11-20(15)16-18-17-12-21-16/h1-5,12,14-15H,6-11H2/t14-,15+/m0/s1. The molecular formula is C16H20N4S. The third kappa shape index (κ3) is 2.56. The van der Waals surface area contributed by atoms with E-state index in [-0.39, 0.29) is 0 Å². The van der Waals surface area contributed by atoms with Gasteiger partial charge in [-0.2, -0.15) is 0 Å². The topological polar surface area (TPSA) is 32.3 Å². The molecule has 0 saturated carbocycles. The van der Waals surface area contributed by atoms with E-state index in [4.69, 9.17) is 0 Å². The summed E-state index contributed by atoms with van der Waals surface area (Å²) in [6.45, 7) is 3.53. The number of aromatic nitrogens is 2. The quantitative estimate of drug-likeness (QED) is 0.868. The molecular weight excluding hydrogens is 280 g/mol. The second kappa shape index (κ2) is 5.73. The van der Waals surface area contributed by atoms with Crippen molar-refractivity contribution in [2.45, 2.75) is 31.3 Å². The molecule has 0 aliphatic carbocycles. The summed E-state index contributed by atoms with van der Waals surface area (Å²) < 4.78 is 0. The van der Waals surface area contributed by atoms with Gasteiger partial charge in [-0.3, -0.25) is 4.90 Å². The Balaban J connectivity index is 1.39. The fraction of sp³-hybridized carbons (Fsp3) is 0.500. The van der Waals surface area contributed by atoms with Gasteiger partial charge in [-0.05, 0) is 24.8 Å². The van der Waals surface area contributed by atoms with Crippen LogP contribution in [0.2, 0.25) is 0 Å². The Labute approximate surface area is 129 Å². The molecule has 4 rings (SSSR count). The zero-order valence-corrected chi connectivity index (χ0v) is 12.9. The predicted octanol–water partition coefficient (Wildman–Crippen LogP) is 2.43. The van der Waals surface area contributed by atoms with Crippen molar-refractivity contribution < 1.29 is 0 Å². The van der Waals surface area contributed by atoms with Gasteiger partial charge in [-0.15, -0.1) is 10.2 Å². The Hall–Kier alpha value is -1.46. The molecule has 2 aromatic rings. The minimum atomic E-state index is 0.647. The number of anilines is 1. The minimum absolute atomic E-state index is 0.647. The lowest BCUT2D eigenvalue weighted by Gasteiger charge is -2.25. The van der Waals surface area contributed by atoms with Crippen molar-refractivity contribution in [1.29, 1.82) is 0 Å². The average molecular weight is 300 g/mol. The first kappa shape index (κ1) is 13.2. The van der Waals surface area contributed by atoms with Crippen LogP contribution in [-0.2, 0) is 6.42 Å². The van der Waals surface area contributed by atoms with E-state index in [9.17, 15) is 0 Å². The third-order valence-corrected chi connectivity index (χ3v) is 5.54. The van der Waals surface area contributed by atoms with E-state index < -0.39 is 0 Å². The maximum absolute atomic E-state index is 4.25. The average Bonchev–Trinajstić information content (AvgIpc) is 3.23. The molecule has 2 fully saturated rings. The number of likely N-dealkylation sites (tertiary alicyclic amines) is 1. The number of benzene rings is 1. The highest BCUT2D eigenvalue weighted by Gasteiger charge is 2.42. The first-order valence-electron chi connectivity index (χ1n) is 7.72. The van der Waals surface area contributed by atoms with E-state index in [1.807, 2.05) is 5.51 Å². The smallest absolute Gasteiger partial charge is 0.208 e. The zero-order valence-electron chi connectivity index (χ0n) is 12.1. The van der Waals surface area contributed by atoms with Crippen LogP contribution >= 0.6 is 11.3 Å². The van der Waals surface area contributed by atoms with Crippen LogP contribution < -0.4 is 4.90 Å². The molecule has 2 aliphatic heterocycles. The van der Waals surface area contributed by atoms with E-state index in [1.165, 1.54) is 31.5 Å². The molecule has 0 bridgehead atoms. The molecule has 0 unspecified atom stereocenters. The molecule has 21 heavy (non-hydrogen) atoms. The van der Waals surface area contributed by atoms with Crippen LogP contribution in [-0.4, -0.2) is 46.8 Å². The van der Waals surface area contributed by atoms with Gasteiger partial charge in [-0.25, -0.2) is 0 Å². The monoisotopic (exact) mass is 300 g/mol. The van der Waals surface area contributed by atoms with Gasteiger partial charge < -0.3 is 4.90 Å². The molecule has 4 nitrogen and oxygen atoms in total. The normalized spacial score (nSPS) is 25.4.